The van der Waals surface area contributed by atoms with Crippen molar-refractivity contribution >= 4 is 17.6 Å². The lowest BCUT2D eigenvalue weighted by molar-refractivity contribution is -0.136. The van der Waals surface area contributed by atoms with Gasteiger partial charge in [0.2, 0.25) is 0 Å². The van der Waals surface area contributed by atoms with Crippen molar-refractivity contribution in [2.24, 2.45) is 0 Å². The van der Waals surface area contributed by atoms with Crippen LogP contribution in [0.5, 0.6) is 0 Å². The number of amides is 1. The molecule has 5 heteroatoms. The van der Waals surface area contributed by atoms with Gasteiger partial charge in [-0.25, -0.2) is 0 Å². The van der Waals surface area contributed by atoms with E-state index in [2.05, 4.69) is 5.32 Å². The number of hydrogen-bond acceptors (Lipinski definition) is 3. The van der Waals surface area contributed by atoms with Gasteiger partial charge in [-0.2, -0.15) is 0 Å². The quantitative estimate of drug-likeness (QED) is 0.905. The van der Waals surface area contributed by atoms with Gasteiger partial charge in [0.05, 0.1) is 12.0 Å². The van der Waals surface area contributed by atoms with Crippen molar-refractivity contribution in [3.05, 3.63) is 52.5 Å². The third-order valence-corrected chi connectivity index (χ3v) is 3.40. The Bertz CT molecular complexity index is 700. The lowest BCUT2D eigenvalue weighted by Crippen LogP contribution is -2.15. The Labute approximate surface area is 122 Å². The predicted octanol–water partition coefficient (Wildman–Crippen LogP) is 3.08. The third kappa shape index (κ3) is 3.13. The monoisotopic (exact) mass is 287 g/mol. The van der Waals surface area contributed by atoms with E-state index in [0.717, 1.165) is 5.56 Å². The first-order chi connectivity index (χ1) is 9.90. The van der Waals surface area contributed by atoms with E-state index in [4.69, 9.17) is 9.52 Å². The van der Waals surface area contributed by atoms with Gasteiger partial charge in [-0.3, -0.25) is 9.59 Å². The van der Waals surface area contributed by atoms with Crippen molar-refractivity contribution in [2.75, 3.05) is 5.32 Å². The molecular formula is C16H17NO4. The summed E-state index contributed by atoms with van der Waals surface area (Å²) < 4.78 is 5.44. The number of anilines is 1. The molecule has 0 saturated carbocycles. The summed E-state index contributed by atoms with van der Waals surface area (Å²) >= 11 is 0. The smallest absolute Gasteiger partial charge is 0.307 e. The summed E-state index contributed by atoms with van der Waals surface area (Å²) in [5, 5.41) is 11.7. The van der Waals surface area contributed by atoms with E-state index in [-0.39, 0.29) is 12.3 Å². The van der Waals surface area contributed by atoms with Crippen molar-refractivity contribution in [2.45, 2.75) is 27.2 Å². The highest BCUT2D eigenvalue weighted by Gasteiger charge is 2.19. The van der Waals surface area contributed by atoms with Crippen molar-refractivity contribution in [1.29, 1.82) is 0 Å². The molecule has 0 bridgehead atoms. The number of aliphatic carboxylic acids is 1. The first-order valence-corrected chi connectivity index (χ1v) is 6.57. The minimum absolute atomic E-state index is 0.140. The summed E-state index contributed by atoms with van der Waals surface area (Å²) in [5.41, 5.74) is 2.36. The summed E-state index contributed by atoms with van der Waals surface area (Å²) in [7, 11) is 0. The number of hydrogen-bond donors (Lipinski definition) is 2. The molecule has 0 saturated heterocycles. The molecule has 0 atom stereocenters. The van der Waals surface area contributed by atoms with Gasteiger partial charge in [0.1, 0.15) is 11.5 Å². The van der Waals surface area contributed by atoms with E-state index >= 15 is 0 Å². The van der Waals surface area contributed by atoms with E-state index in [1.54, 1.807) is 38.1 Å². The number of furan rings is 1. The highest BCUT2D eigenvalue weighted by atomic mass is 16.4. The molecule has 2 aromatic rings. The lowest BCUT2D eigenvalue weighted by Gasteiger charge is -2.09. The normalized spacial score (nSPS) is 10.4. The maximum absolute atomic E-state index is 12.4. The van der Waals surface area contributed by atoms with E-state index in [9.17, 15) is 9.59 Å². The number of carbonyl (C=O) groups is 2. The Kier molecular flexibility index (Phi) is 4.12. The number of nitrogens with one attached hydrogen (secondary N) is 1. The summed E-state index contributed by atoms with van der Waals surface area (Å²) in [5.74, 6) is 0.0255. The van der Waals surface area contributed by atoms with Gasteiger partial charge in [0.25, 0.3) is 5.91 Å². The number of carboxylic acids is 1. The number of para-hydroxylation sites is 1. The minimum Gasteiger partial charge on any atom is -0.481 e. The average Bonchev–Trinajstić information content (AvgIpc) is 2.65. The Morgan fingerprint density at radius 3 is 2.38 bits per heavy atom. The molecule has 0 fully saturated rings. The SMILES string of the molecule is Cc1oc(C)c(C(=O)Nc2ccccc2CC(=O)O)c1C. The zero-order chi connectivity index (χ0) is 15.6. The van der Waals surface area contributed by atoms with E-state index in [1.807, 2.05) is 6.92 Å². The molecule has 0 spiro atoms. The van der Waals surface area contributed by atoms with Crippen molar-refractivity contribution in [3.63, 3.8) is 0 Å². The van der Waals surface area contributed by atoms with Gasteiger partial charge in [-0.15, -0.1) is 0 Å². The topological polar surface area (TPSA) is 79.5 Å². The van der Waals surface area contributed by atoms with Gasteiger partial charge in [-0.05, 0) is 32.4 Å². The third-order valence-electron chi connectivity index (χ3n) is 3.40. The molecule has 0 aliphatic rings. The molecule has 2 N–H and O–H groups in total. The fourth-order valence-corrected chi connectivity index (χ4v) is 2.27. The molecule has 1 aromatic carbocycles. The Morgan fingerprint density at radius 1 is 1.14 bits per heavy atom. The molecule has 1 heterocycles. The lowest BCUT2D eigenvalue weighted by atomic mass is 10.1. The molecule has 0 unspecified atom stereocenters. The molecule has 1 aromatic heterocycles. The predicted molar refractivity (Wildman–Crippen MR) is 78.7 cm³/mol. The van der Waals surface area contributed by atoms with Crippen molar-refractivity contribution in [3.8, 4) is 0 Å². The fraction of sp³-hybridized carbons (Fsp3) is 0.250. The van der Waals surface area contributed by atoms with Crippen LogP contribution in [0.2, 0.25) is 0 Å². The largest absolute Gasteiger partial charge is 0.481 e. The van der Waals surface area contributed by atoms with E-state index in [1.165, 1.54) is 0 Å². The number of aryl methyl sites for hydroxylation is 2. The molecule has 1 amide bonds. The van der Waals surface area contributed by atoms with Crippen LogP contribution in [0.3, 0.4) is 0 Å². The van der Waals surface area contributed by atoms with Crippen LogP contribution in [0, 0.1) is 20.8 Å². The minimum atomic E-state index is -0.941. The van der Waals surface area contributed by atoms with Crippen LogP contribution in [0.15, 0.2) is 28.7 Å². The van der Waals surface area contributed by atoms with Gasteiger partial charge in [0.15, 0.2) is 0 Å². The van der Waals surface area contributed by atoms with E-state index in [0.29, 0.717) is 28.3 Å². The Balaban J connectivity index is 2.30. The summed E-state index contributed by atoms with van der Waals surface area (Å²) in [6, 6.07) is 6.87. The number of carboxylic acid groups (broad SMARTS) is 1. The zero-order valence-corrected chi connectivity index (χ0v) is 12.2. The maximum Gasteiger partial charge on any atom is 0.307 e. The Hall–Kier alpha value is -2.56. The van der Waals surface area contributed by atoms with Gasteiger partial charge in [-0.1, -0.05) is 18.2 Å². The second kappa shape index (κ2) is 5.83. The second-order valence-electron chi connectivity index (χ2n) is 4.90. The first-order valence-electron chi connectivity index (χ1n) is 6.57. The van der Waals surface area contributed by atoms with Crippen LogP contribution < -0.4 is 5.32 Å². The van der Waals surface area contributed by atoms with Crippen LogP contribution in [-0.2, 0) is 11.2 Å². The van der Waals surface area contributed by atoms with E-state index < -0.39 is 5.97 Å². The first kappa shape index (κ1) is 14.8. The van der Waals surface area contributed by atoms with Crippen LogP contribution in [0.25, 0.3) is 0 Å². The Morgan fingerprint density at radius 2 is 1.81 bits per heavy atom. The maximum atomic E-state index is 12.4. The van der Waals surface area contributed by atoms with Gasteiger partial charge in [0, 0.05) is 11.3 Å². The number of carbonyl (C=O) groups excluding carboxylic acids is 1. The molecule has 21 heavy (non-hydrogen) atoms. The highest BCUT2D eigenvalue weighted by Crippen LogP contribution is 2.23. The molecule has 0 aliphatic heterocycles. The van der Waals surface area contributed by atoms with Crippen molar-refractivity contribution in [1.82, 2.24) is 0 Å². The van der Waals surface area contributed by atoms with Crippen LogP contribution in [0.4, 0.5) is 5.69 Å². The number of benzene rings is 1. The van der Waals surface area contributed by atoms with Crippen LogP contribution in [-0.4, -0.2) is 17.0 Å². The fourth-order valence-electron chi connectivity index (χ4n) is 2.27. The average molecular weight is 287 g/mol. The molecule has 0 aliphatic carbocycles. The molecule has 2 rings (SSSR count). The molecule has 110 valence electrons. The van der Waals surface area contributed by atoms with Crippen LogP contribution in [0.1, 0.15) is 33.0 Å². The number of rotatable bonds is 4. The van der Waals surface area contributed by atoms with Crippen LogP contribution >= 0.6 is 0 Å². The molecule has 5 nitrogen and oxygen atoms in total. The second-order valence-corrected chi connectivity index (χ2v) is 4.90. The standard InChI is InChI=1S/C16H17NO4/c1-9-10(2)21-11(3)15(9)16(20)17-13-7-5-4-6-12(13)8-14(18)19/h4-7H,8H2,1-3H3,(H,17,20)(H,18,19). The molecular weight excluding hydrogens is 270 g/mol. The van der Waals surface area contributed by atoms with Gasteiger partial charge >= 0.3 is 5.97 Å². The summed E-state index contributed by atoms with van der Waals surface area (Å²) in [6.45, 7) is 5.36. The molecule has 0 radical (unpaired) electrons. The van der Waals surface area contributed by atoms with Gasteiger partial charge < -0.3 is 14.8 Å². The highest BCUT2D eigenvalue weighted by molar-refractivity contribution is 6.06. The zero-order valence-electron chi connectivity index (χ0n) is 12.2. The summed E-state index contributed by atoms with van der Waals surface area (Å²) in [6.07, 6.45) is -0.140. The van der Waals surface area contributed by atoms with Crippen molar-refractivity contribution < 1.29 is 19.1 Å². The summed E-state index contributed by atoms with van der Waals surface area (Å²) in [4.78, 5) is 23.2.